The monoisotopic (exact) mass is 151 g/mol. The summed E-state index contributed by atoms with van der Waals surface area (Å²) in [7, 11) is 0. The van der Waals surface area contributed by atoms with Gasteiger partial charge in [-0.1, -0.05) is 12.2 Å². The Morgan fingerprint density at radius 1 is 1.27 bits per heavy atom. The Morgan fingerprint density at radius 2 is 1.82 bits per heavy atom. The first-order valence-corrected chi connectivity index (χ1v) is 3.35. The van der Waals surface area contributed by atoms with Crippen molar-refractivity contribution in [2.24, 2.45) is 5.73 Å². The molecule has 11 heavy (non-hydrogen) atoms. The van der Waals surface area contributed by atoms with E-state index in [0.717, 1.165) is 0 Å². The zero-order valence-electron chi connectivity index (χ0n) is 7.10. The van der Waals surface area contributed by atoms with Crippen LogP contribution >= 0.6 is 0 Å². The molecule has 0 radical (unpaired) electrons. The summed E-state index contributed by atoms with van der Waals surface area (Å²) in [6.45, 7) is 0.231. The lowest BCUT2D eigenvalue weighted by molar-refractivity contribution is -0.118. The van der Waals surface area contributed by atoms with Crippen molar-refractivity contribution in [1.29, 1.82) is 0 Å². The normalized spacial score (nSPS) is 15.1. The van der Waals surface area contributed by atoms with Crippen LogP contribution in [0.3, 0.4) is 0 Å². The van der Waals surface area contributed by atoms with E-state index in [9.17, 15) is 4.79 Å². The first-order chi connectivity index (χ1) is 5.29. The van der Waals surface area contributed by atoms with E-state index in [2.05, 4.69) is 0 Å². The van der Waals surface area contributed by atoms with Crippen LogP contribution < -0.4 is 5.73 Å². The number of nitrogens with zero attached hydrogens (tertiary/aromatic N) is 1. The molecule has 0 aromatic carbocycles. The van der Waals surface area contributed by atoms with Crippen LogP contribution in [0.5, 0.6) is 0 Å². The molecule has 0 saturated heterocycles. The highest BCUT2D eigenvalue weighted by Crippen LogP contribution is 1.96. The van der Waals surface area contributed by atoms with Crippen LogP contribution in [0.1, 0.15) is 1.43 Å². The van der Waals surface area contributed by atoms with E-state index in [0.29, 0.717) is 0 Å². The summed E-state index contributed by atoms with van der Waals surface area (Å²) in [6.07, 6.45) is 11.1. The Kier molecular flexibility index (Phi) is 2.49. The van der Waals surface area contributed by atoms with E-state index in [-0.39, 0.29) is 13.9 Å². The van der Waals surface area contributed by atoms with Gasteiger partial charge in [0.15, 0.2) is 0 Å². The summed E-state index contributed by atoms with van der Waals surface area (Å²) in [5, 5.41) is 0. The lowest BCUT2D eigenvalue weighted by atomic mass is 10.5. The van der Waals surface area contributed by atoms with Crippen molar-refractivity contribution in [2.75, 3.05) is 6.54 Å². The van der Waals surface area contributed by atoms with E-state index < -0.39 is 0 Å². The van der Waals surface area contributed by atoms with E-state index >= 15 is 0 Å². The molecule has 0 atom stereocenters. The second kappa shape index (κ2) is 3.61. The average Bonchev–Trinajstić information content (AvgIpc) is 2.14. The van der Waals surface area contributed by atoms with Crippen LogP contribution in [0.25, 0.3) is 0 Å². The summed E-state index contributed by atoms with van der Waals surface area (Å²) in [5.74, 6) is -0.332. The van der Waals surface area contributed by atoms with Crippen LogP contribution in [-0.2, 0) is 4.79 Å². The van der Waals surface area contributed by atoms with Crippen molar-refractivity contribution >= 4 is 5.91 Å². The molecular formula is C8H11N2O+. The number of nitrogens with two attached hydrogens (primary N) is 1. The van der Waals surface area contributed by atoms with Gasteiger partial charge in [-0.25, -0.2) is 0 Å². The zero-order chi connectivity index (χ0) is 8.10. The number of hydrogen-bond acceptors (Lipinski definition) is 2. The molecule has 58 valence electrons. The number of allylic oxidation sites excluding steroid dienone is 4. The van der Waals surface area contributed by atoms with Crippen molar-refractivity contribution in [3.05, 3.63) is 36.7 Å². The minimum Gasteiger partial charge on any atom is -0.368 e. The number of carbonyl (C=O) groups excluding carboxylic acids is 1. The molecule has 1 rings (SSSR count). The van der Waals surface area contributed by atoms with E-state index in [1.807, 2.05) is 24.3 Å². The number of amides is 1. The highest BCUT2D eigenvalue weighted by molar-refractivity contribution is 5.76. The molecule has 1 aliphatic rings. The molecular weight excluding hydrogens is 140 g/mol. The molecule has 0 fully saturated rings. The number of primary amides is 1. The predicted molar refractivity (Wildman–Crippen MR) is 44.4 cm³/mol. The summed E-state index contributed by atoms with van der Waals surface area (Å²) in [6, 6.07) is 0. The molecule has 1 aliphatic heterocycles. The van der Waals surface area contributed by atoms with Crippen molar-refractivity contribution in [2.45, 2.75) is 0 Å². The lowest BCUT2D eigenvalue weighted by Gasteiger charge is -2.10. The molecule has 2 N–H and O–H groups in total. The molecule has 0 saturated carbocycles. The quantitative estimate of drug-likeness (QED) is 0.624. The van der Waals surface area contributed by atoms with Crippen molar-refractivity contribution in [1.82, 2.24) is 4.90 Å². The predicted octanol–water partition coefficient (Wildman–Crippen LogP) is 0.483. The maximum atomic E-state index is 10.5. The Morgan fingerprint density at radius 3 is 2.27 bits per heavy atom. The maximum Gasteiger partial charge on any atom is 1.00 e. The second-order valence-corrected chi connectivity index (χ2v) is 2.21. The van der Waals surface area contributed by atoms with Crippen LogP contribution in [0, 0.1) is 0 Å². The molecule has 3 nitrogen and oxygen atoms in total. The summed E-state index contributed by atoms with van der Waals surface area (Å²) < 4.78 is 0. The average molecular weight is 151 g/mol. The van der Waals surface area contributed by atoms with Gasteiger partial charge in [0.05, 0.1) is 0 Å². The molecule has 1 heterocycles. The van der Waals surface area contributed by atoms with Crippen LogP contribution in [0.2, 0.25) is 0 Å². The van der Waals surface area contributed by atoms with E-state index in [1.54, 1.807) is 17.3 Å². The van der Waals surface area contributed by atoms with Gasteiger partial charge >= 0.3 is 1.43 Å². The largest absolute Gasteiger partial charge is 1.00 e. The van der Waals surface area contributed by atoms with Crippen LogP contribution in [0.15, 0.2) is 36.7 Å². The standard InChI is InChI=1S/C8H10N2O/c9-8(11)7-10-5-3-1-2-4-6-10/h1-6H,7H2,(H2,9,11)/p+1. The molecule has 1 amide bonds. The second-order valence-electron chi connectivity index (χ2n) is 2.21. The maximum absolute atomic E-state index is 10.5. The molecule has 0 aliphatic carbocycles. The number of hydrogen-bond donors (Lipinski definition) is 1. The lowest BCUT2D eigenvalue weighted by Crippen LogP contribution is -2.26. The fourth-order valence-electron chi connectivity index (χ4n) is 0.784. The smallest absolute Gasteiger partial charge is 0.368 e. The van der Waals surface area contributed by atoms with Gasteiger partial charge in [-0.15, -0.1) is 0 Å². The fourth-order valence-corrected chi connectivity index (χ4v) is 0.784. The fraction of sp³-hybridized carbons (Fsp3) is 0.125. The van der Waals surface area contributed by atoms with Crippen LogP contribution in [-0.4, -0.2) is 17.4 Å². The third-order valence-corrected chi connectivity index (χ3v) is 1.23. The first kappa shape index (κ1) is 7.60. The van der Waals surface area contributed by atoms with Gasteiger partial charge in [-0.05, 0) is 12.2 Å². The Hall–Kier alpha value is -1.51. The van der Waals surface area contributed by atoms with E-state index in [1.165, 1.54) is 0 Å². The highest BCUT2D eigenvalue weighted by atomic mass is 16.1. The Bertz CT molecular complexity index is 217. The minimum atomic E-state index is -0.332. The molecule has 3 heteroatoms. The molecule has 0 aromatic rings. The third-order valence-electron chi connectivity index (χ3n) is 1.23. The molecule has 0 unspecified atom stereocenters. The SMILES string of the molecule is NC(=O)CN1C=CC=CC=C1.[H+]. The highest BCUT2D eigenvalue weighted by Gasteiger charge is 1.98. The van der Waals surface area contributed by atoms with Crippen molar-refractivity contribution < 1.29 is 6.22 Å². The summed E-state index contributed by atoms with van der Waals surface area (Å²) in [4.78, 5) is 12.2. The van der Waals surface area contributed by atoms with E-state index in [4.69, 9.17) is 5.73 Å². The Balaban J connectivity index is 0.00000121. The number of rotatable bonds is 2. The number of carbonyl (C=O) groups is 1. The van der Waals surface area contributed by atoms with Crippen molar-refractivity contribution in [3.63, 3.8) is 0 Å². The van der Waals surface area contributed by atoms with Gasteiger partial charge in [0.1, 0.15) is 6.54 Å². The van der Waals surface area contributed by atoms with Gasteiger partial charge < -0.3 is 10.6 Å². The molecule has 0 aromatic heterocycles. The Labute approximate surface area is 67.0 Å². The summed E-state index contributed by atoms with van der Waals surface area (Å²) in [5.41, 5.74) is 5.01. The van der Waals surface area contributed by atoms with Gasteiger partial charge in [0.2, 0.25) is 5.91 Å². The molecule has 0 bridgehead atoms. The molecule has 0 spiro atoms. The summed E-state index contributed by atoms with van der Waals surface area (Å²) >= 11 is 0. The van der Waals surface area contributed by atoms with Gasteiger partial charge in [-0.3, -0.25) is 4.79 Å². The van der Waals surface area contributed by atoms with Gasteiger partial charge in [-0.2, -0.15) is 0 Å². The zero-order valence-corrected chi connectivity index (χ0v) is 6.10. The van der Waals surface area contributed by atoms with Crippen molar-refractivity contribution in [3.8, 4) is 0 Å². The topological polar surface area (TPSA) is 46.3 Å². The minimum absolute atomic E-state index is 0. The van der Waals surface area contributed by atoms with Gasteiger partial charge in [0, 0.05) is 12.4 Å². The first-order valence-electron chi connectivity index (χ1n) is 3.35. The van der Waals surface area contributed by atoms with Gasteiger partial charge in [0.25, 0.3) is 0 Å². The van der Waals surface area contributed by atoms with Crippen LogP contribution in [0.4, 0.5) is 0 Å². The third kappa shape index (κ3) is 2.71.